The molecule has 0 bridgehead atoms. The van der Waals surface area contributed by atoms with Crippen molar-refractivity contribution >= 4 is 5.91 Å². The molecule has 0 aliphatic heterocycles. The summed E-state index contributed by atoms with van der Waals surface area (Å²) in [5.74, 6) is -0.178. The second-order valence-corrected chi connectivity index (χ2v) is 4.98. The molecule has 1 aromatic heterocycles. The molecular formula is C16H14FN5O. The quantitative estimate of drug-likeness (QED) is 0.800. The topological polar surface area (TPSA) is 72.7 Å². The van der Waals surface area contributed by atoms with Gasteiger partial charge in [0.05, 0.1) is 12.2 Å². The molecule has 6 nitrogen and oxygen atoms in total. The van der Waals surface area contributed by atoms with E-state index < -0.39 is 0 Å². The zero-order valence-electron chi connectivity index (χ0n) is 12.4. The molecule has 2 aromatic carbocycles. The normalized spacial score (nSPS) is 10.5. The molecule has 3 aromatic rings. The van der Waals surface area contributed by atoms with Gasteiger partial charge in [0.2, 0.25) is 0 Å². The van der Waals surface area contributed by atoms with Gasteiger partial charge in [0.1, 0.15) is 5.82 Å². The van der Waals surface area contributed by atoms with Crippen molar-refractivity contribution in [3.8, 4) is 5.69 Å². The highest BCUT2D eigenvalue weighted by molar-refractivity contribution is 5.95. The van der Waals surface area contributed by atoms with Crippen molar-refractivity contribution in [2.24, 2.45) is 0 Å². The first kappa shape index (κ1) is 14.8. The molecule has 0 radical (unpaired) electrons. The van der Waals surface area contributed by atoms with Crippen LogP contribution >= 0.6 is 0 Å². The number of aromatic nitrogens is 4. The smallest absolute Gasteiger partial charge is 0.251 e. The molecule has 0 saturated heterocycles. The van der Waals surface area contributed by atoms with Crippen molar-refractivity contribution in [1.29, 1.82) is 0 Å². The zero-order valence-corrected chi connectivity index (χ0v) is 12.4. The molecular weight excluding hydrogens is 297 g/mol. The largest absolute Gasteiger partial charge is 0.345 e. The lowest BCUT2D eigenvalue weighted by atomic mass is 10.1. The molecule has 1 N–H and O–H groups in total. The molecule has 1 amide bonds. The Morgan fingerprint density at radius 3 is 2.83 bits per heavy atom. The van der Waals surface area contributed by atoms with Crippen LogP contribution in [0.25, 0.3) is 5.69 Å². The molecule has 0 unspecified atom stereocenters. The minimum Gasteiger partial charge on any atom is -0.345 e. The number of amides is 1. The third kappa shape index (κ3) is 3.23. The van der Waals surface area contributed by atoms with Crippen LogP contribution in [0.3, 0.4) is 0 Å². The van der Waals surface area contributed by atoms with Crippen molar-refractivity contribution in [1.82, 2.24) is 25.5 Å². The van der Waals surface area contributed by atoms with E-state index in [9.17, 15) is 9.18 Å². The minimum atomic E-state index is -0.382. The molecule has 116 valence electrons. The summed E-state index contributed by atoms with van der Waals surface area (Å²) in [6.45, 7) is 2.00. The van der Waals surface area contributed by atoms with Gasteiger partial charge in [-0.15, -0.1) is 5.10 Å². The maximum absolute atomic E-state index is 13.3. The molecule has 0 saturated carbocycles. The highest BCUT2D eigenvalue weighted by Gasteiger charge is 2.12. The number of benzene rings is 2. The fraction of sp³-hybridized carbons (Fsp3) is 0.125. The summed E-state index contributed by atoms with van der Waals surface area (Å²) < 4.78 is 14.7. The monoisotopic (exact) mass is 311 g/mol. The van der Waals surface area contributed by atoms with Gasteiger partial charge < -0.3 is 5.32 Å². The van der Waals surface area contributed by atoms with Gasteiger partial charge in [-0.3, -0.25) is 4.79 Å². The number of carbonyl (C=O) groups excluding carboxylic acids is 1. The second kappa shape index (κ2) is 6.35. The summed E-state index contributed by atoms with van der Waals surface area (Å²) in [5.41, 5.74) is 1.97. The Kier molecular flexibility index (Phi) is 4.09. The molecule has 23 heavy (non-hydrogen) atoms. The number of aryl methyl sites for hydroxylation is 1. The number of halogens is 1. The first-order valence-corrected chi connectivity index (χ1v) is 7.02. The van der Waals surface area contributed by atoms with Gasteiger partial charge in [-0.1, -0.05) is 24.3 Å². The van der Waals surface area contributed by atoms with Crippen LogP contribution in [0.5, 0.6) is 0 Å². The van der Waals surface area contributed by atoms with E-state index in [1.54, 1.807) is 24.3 Å². The third-order valence-electron chi connectivity index (χ3n) is 3.38. The summed E-state index contributed by atoms with van der Waals surface area (Å²) in [6.07, 6.45) is 0. The van der Waals surface area contributed by atoms with Crippen LogP contribution in [-0.4, -0.2) is 26.1 Å². The van der Waals surface area contributed by atoms with Gasteiger partial charge in [-0.05, 0) is 47.2 Å². The van der Waals surface area contributed by atoms with Crippen LogP contribution in [0.4, 0.5) is 4.39 Å². The summed E-state index contributed by atoms with van der Waals surface area (Å²) in [5, 5.41) is 14.1. The Bertz CT molecular complexity index is 846. The average Bonchev–Trinajstić information content (AvgIpc) is 3.01. The van der Waals surface area contributed by atoms with E-state index in [0.717, 1.165) is 5.56 Å². The molecule has 0 aliphatic rings. The number of tetrazole rings is 1. The number of rotatable bonds is 4. The van der Waals surface area contributed by atoms with E-state index in [1.807, 2.05) is 19.1 Å². The lowest BCUT2D eigenvalue weighted by Gasteiger charge is -2.08. The second-order valence-electron chi connectivity index (χ2n) is 4.98. The third-order valence-corrected chi connectivity index (χ3v) is 3.38. The molecule has 0 aliphatic carbocycles. The zero-order chi connectivity index (χ0) is 16.2. The van der Waals surface area contributed by atoms with Gasteiger partial charge in [0.15, 0.2) is 5.82 Å². The molecule has 3 rings (SSSR count). The fourth-order valence-corrected chi connectivity index (χ4v) is 2.21. The Hall–Kier alpha value is -3.09. The van der Waals surface area contributed by atoms with Crippen LogP contribution in [0.2, 0.25) is 0 Å². The van der Waals surface area contributed by atoms with Crippen molar-refractivity contribution in [2.75, 3.05) is 0 Å². The van der Waals surface area contributed by atoms with E-state index in [1.165, 1.54) is 16.8 Å². The minimum absolute atomic E-state index is 0.136. The Morgan fingerprint density at radius 2 is 2.04 bits per heavy atom. The maximum Gasteiger partial charge on any atom is 0.251 e. The predicted molar refractivity (Wildman–Crippen MR) is 81.5 cm³/mol. The molecule has 7 heteroatoms. The van der Waals surface area contributed by atoms with Gasteiger partial charge in [0, 0.05) is 5.56 Å². The van der Waals surface area contributed by atoms with Crippen molar-refractivity contribution in [3.05, 3.63) is 71.3 Å². The summed E-state index contributed by atoms with van der Waals surface area (Å²) >= 11 is 0. The highest BCUT2D eigenvalue weighted by atomic mass is 19.1. The summed E-state index contributed by atoms with van der Waals surface area (Å²) in [4.78, 5) is 12.2. The number of carbonyl (C=O) groups is 1. The predicted octanol–water partition coefficient (Wildman–Crippen LogP) is 2.04. The fourth-order valence-electron chi connectivity index (χ4n) is 2.21. The first-order valence-electron chi connectivity index (χ1n) is 7.02. The van der Waals surface area contributed by atoms with E-state index >= 15 is 0 Å². The summed E-state index contributed by atoms with van der Waals surface area (Å²) in [7, 11) is 0. The lowest BCUT2D eigenvalue weighted by Crippen LogP contribution is -2.25. The van der Waals surface area contributed by atoms with Crippen LogP contribution in [0.1, 0.15) is 21.7 Å². The van der Waals surface area contributed by atoms with Gasteiger partial charge >= 0.3 is 0 Å². The number of nitrogens with zero attached hydrogens (tertiary/aromatic N) is 4. The Balaban J connectivity index is 1.76. The van der Waals surface area contributed by atoms with E-state index in [2.05, 4.69) is 20.8 Å². The average molecular weight is 311 g/mol. The van der Waals surface area contributed by atoms with Crippen LogP contribution in [0, 0.1) is 12.7 Å². The molecule has 1 heterocycles. The SMILES string of the molecule is Cc1ccccc1C(=O)NCc1nnnn1-c1cccc(F)c1. The molecule has 0 fully saturated rings. The van der Waals surface area contributed by atoms with Crippen LogP contribution < -0.4 is 5.32 Å². The van der Waals surface area contributed by atoms with E-state index in [0.29, 0.717) is 17.1 Å². The van der Waals surface area contributed by atoms with E-state index in [-0.39, 0.29) is 18.3 Å². The standard InChI is InChI=1S/C16H14FN5O/c1-11-5-2-3-8-14(11)16(23)18-10-15-19-20-21-22(15)13-7-4-6-12(17)9-13/h2-9H,10H2,1H3,(H,18,23). The van der Waals surface area contributed by atoms with Crippen molar-refractivity contribution < 1.29 is 9.18 Å². The maximum atomic E-state index is 13.3. The molecule has 0 atom stereocenters. The number of nitrogens with one attached hydrogen (secondary N) is 1. The van der Waals surface area contributed by atoms with Crippen molar-refractivity contribution in [2.45, 2.75) is 13.5 Å². The lowest BCUT2D eigenvalue weighted by molar-refractivity contribution is 0.0949. The van der Waals surface area contributed by atoms with E-state index in [4.69, 9.17) is 0 Å². The first-order chi connectivity index (χ1) is 11.1. The number of hydrogen-bond acceptors (Lipinski definition) is 4. The number of hydrogen-bond donors (Lipinski definition) is 1. The molecule has 0 spiro atoms. The highest BCUT2D eigenvalue weighted by Crippen LogP contribution is 2.10. The summed E-state index contributed by atoms with van der Waals surface area (Å²) in [6, 6.07) is 13.2. The Labute approximate surface area is 132 Å². The van der Waals surface area contributed by atoms with Gasteiger partial charge in [0.25, 0.3) is 5.91 Å². The Morgan fingerprint density at radius 1 is 1.22 bits per heavy atom. The van der Waals surface area contributed by atoms with Gasteiger partial charge in [-0.2, -0.15) is 4.68 Å². The van der Waals surface area contributed by atoms with Crippen LogP contribution in [0.15, 0.2) is 48.5 Å². The van der Waals surface area contributed by atoms with Crippen molar-refractivity contribution in [3.63, 3.8) is 0 Å². The van der Waals surface area contributed by atoms with Crippen LogP contribution in [-0.2, 0) is 6.54 Å². The van der Waals surface area contributed by atoms with Gasteiger partial charge in [-0.25, -0.2) is 4.39 Å².